The third-order valence-electron chi connectivity index (χ3n) is 0.637. The molecular weight excluding hydrogens is 114 g/mol. The molecule has 0 bridgehead atoms. The van der Waals surface area contributed by atoms with Gasteiger partial charge in [-0.25, -0.2) is 0 Å². The van der Waals surface area contributed by atoms with Crippen molar-refractivity contribution in [1.82, 2.24) is 0 Å². The minimum atomic E-state index is 0.419. The summed E-state index contributed by atoms with van der Waals surface area (Å²) in [4.78, 5) is 0. The van der Waals surface area contributed by atoms with Gasteiger partial charge in [0, 0.05) is 0 Å². The number of hydrogen-bond donors (Lipinski definition) is 0. The summed E-state index contributed by atoms with van der Waals surface area (Å²) in [6, 6.07) is 0. The molecule has 0 amide bonds. The summed E-state index contributed by atoms with van der Waals surface area (Å²) in [6.45, 7) is 0. The van der Waals surface area contributed by atoms with E-state index in [0.717, 1.165) is 0 Å². The Morgan fingerprint density at radius 3 is 2.71 bits per heavy atom. The van der Waals surface area contributed by atoms with Crippen molar-refractivity contribution in [2.45, 2.75) is 0 Å². The molecule has 1 heterocycles. The Hall–Kier alpha value is -0.500. The molecule has 0 aliphatic carbocycles. The highest BCUT2D eigenvalue weighted by atomic mass is 35.5. The van der Waals surface area contributed by atoms with E-state index in [2.05, 4.69) is 0 Å². The van der Waals surface area contributed by atoms with Gasteiger partial charge < -0.3 is 4.42 Å². The van der Waals surface area contributed by atoms with Crippen LogP contribution in [0.25, 0.3) is 0 Å². The fourth-order valence-corrected chi connectivity index (χ4v) is 0.548. The second kappa shape index (κ2) is 1.54. The Morgan fingerprint density at radius 1 is 1.86 bits per heavy atom. The summed E-state index contributed by atoms with van der Waals surface area (Å²) in [5.41, 5.74) is 0. The topological polar surface area (TPSA) is 17.0 Å². The Balaban J connectivity index is 3.04. The van der Waals surface area contributed by atoms with Crippen LogP contribution in [0.4, 0.5) is 0 Å². The van der Waals surface area contributed by atoms with Crippen LogP contribution in [0.5, 0.6) is 0 Å². The van der Waals surface area contributed by atoms with Crippen LogP contribution in [0.1, 0.15) is 0 Å². The zero-order valence-electron chi connectivity index (χ0n) is 3.89. The van der Waals surface area contributed by atoms with E-state index in [0.29, 0.717) is 5.22 Å². The van der Waals surface area contributed by atoms with Crippen LogP contribution in [0.15, 0.2) is 17.0 Å². The van der Waals surface area contributed by atoms with Crippen molar-refractivity contribution in [3.05, 3.63) is 17.8 Å². The predicted molar refractivity (Wildman–Crippen MR) is 24.9 cm³/mol. The van der Waals surface area contributed by atoms with E-state index in [9.17, 15) is 0 Å². The van der Waals surface area contributed by atoms with Crippen LogP contribution >= 0.6 is 11.6 Å². The average molecular weight is 119 g/mol. The lowest BCUT2D eigenvalue weighted by Gasteiger charge is -1.60. The first kappa shape index (κ1) is 4.65. The first-order chi connectivity index (χ1) is 3.29. The lowest BCUT2D eigenvalue weighted by atomic mass is 10.9. The van der Waals surface area contributed by atoms with E-state index in [-0.39, 0.29) is 0 Å². The van der Waals surface area contributed by atoms with Crippen molar-refractivity contribution in [3.63, 3.8) is 0 Å². The molecule has 0 atom stereocenters. The lowest BCUT2D eigenvalue weighted by molar-refractivity contribution is -0.674. The molecule has 0 aliphatic rings. The van der Waals surface area contributed by atoms with Crippen LogP contribution in [-0.4, -0.2) is 0 Å². The molecule has 38 valence electrons. The van der Waals surface area contributed by atoms with Gasteiger partial charge in [0.15, 0.2) is 0 Å². The smallest absolute Gasteiger partial charge is 0.335 e. The van der Waals surface area contributed by atoms with Gasteiger partial charge in [-0.15, -0.1) is 0 Å². The number of aromatic nitrogens is 1. The van der Waals surface area contributed by atoms with Crippen LogP contribution in [0, 0.1) is 0 Å². The van der Waals surface area contributed by atoms with Gasteiger partial charge in [0.1, 0.15) is 7.05 Å². The van der Waals surface area contributed by atoms with E-state index in [1.54, 1.807) is 10.8 Å². The van der Waals surface area contributed by atoms with Crippen molar-refractivity contribution in [2.24, 2.45) is 7.05 Å². The molecule has 1 aromatic rings. The van der Waals surface area contributed by atoms with E-state index < -0.39 is 0 Å². The Labute approximate surface area is 46.3 Å². The van der Waals surface area contributed by atoms with Gasteiger partial charge in [0.05, 0.1) is 0 Å². The maximum absolute atomic E-state index is 5.37. The molecular formula is C4H5ClNO+. The van der Waals surface area contributed by atoms with E-state index in [1.165, 1.54) is 6.39 Å². The first-order valence-electron chi connectivity index (χ1n) is 1.88. The Kier molecular flexibility index (Phi) is 1.02. The molecule has 3 heteroatoms. The molecule has 0 aromatic carbocycles. The molecule has 0 fully saturated rings. The SMILES string of the molecule is C[n+]1coc(Cl)c1. The lowest BCUT2D eigenvalue weighted by Crippen LogP contribution is -2.22. The summed E-state index contributed by atoms with van der Waals surface area (Å²) < 4.78 is 6.43. The summed E-state index contributed by atoms with van der Waals surface area (Å²) in [7, 11) is 1.84. The van der Waals surface area contributed by atoms with E-state index in [4.69, 9.17) is 16.0 Å². The third-order valence-corrected chi connectivity index (χ3v) is 0.823. The normalized spacial score (nSPS) is 9.43. The van der Waals surface area contributed by atoms with Crippen LogP contribution in [-0.2, 0) is 7.05 Å². The number of halogens is 1. The maximum atomic E-state index is 5.37. The highest BCUT2D eigenvalue weighted by Gasteiger charge is 1.96. The average Bonchev–Trinajstić information content (AvgIpc) is 1.87. The second-order valence-corrected chi connectivity index (χ2v) is 1.69. The highest BCUT2D eigenvalue weighted by molar-refractivity contribution is 6.28. The van der Waals surface area contributed by atoms with Gasteiger partial charge in [0.2, 0.25) is 6.20 Å². The number of hydrogen-bond acceptors (Lipinski definition) is 1. The van der Waals surface area contributed by atoms with Crippen molar-refractivity contribution in [3.8, 4) is 0 Å². The molecule has 0 aliphatic heterocycles. The Bertz CT molecular complexity index is 144. The van der Waals surface area contributed by atoms with Crippen molar-refractivity contribution in [2.75, 3.05) is 0 Å². The minimum absolute atomic E-state index is 0.419. The summed E-state index contributed by atoms with van der Waals surface area (Å²) in [6.07, 6.45) is 3.21. The standard InChI is InChI=1S/C4H5ClNO/c1-6-2-4(5)7-3-6/h2-3H,1H3/q+1. The highest BCUT2D eigenvalue weighted by Crippen LogP contribution is 2.00. The van der Waals surface area contributed by atoms with Crippen molar-refractivity contribution in [1.29, 1.82) is 0 Å². The number of rotatable bonds is 0. The summed E-state index contributed by atoms with van der Waals surface area (Å²) >= 11 is 5.37. The minimum Gasteiger partial charge on any atom is -0.392 e. The van der Waals surface area contributed by atoms with Crippen LogP contribution in [0.2, 0.25) is 5.22 Å². The van der Waals surface area contributed by atoms with E-state index in [1.807, 2.05) is 7.05 Å². The molecule has 0 spiro atoms. The predicted octanol–water partition coefficient (Wildman–Crippen LogP) is 0.757. The second-order valence-electron chi connectivity index (χ2n) is 1.32. The molecule has 0 unspecified atom stereocenters. The van der Waals surface area contributed by atoms with E-state index >= 15 is 0 Å². The molecule has 0 N–H and O–H groups in total. The van der Waals surface area contributed by atoms with Gasteiger partial charge in [-0.1, -0.05) is 0 Å². The van der Waals surface area contributed by atoms with Crippen LogP contribution in [0.3, 0.4) is 0 Å². The van der Waals surface area contributed by atoms with Gasteiger partial charge in [-0.05, 0) is 11.6 Å². The maximum Gasteiger partial charge on any atom is 0.335 e. The molecule has 2 nitrogen and oxygen atoms in total. The van der Waals surface area contributed by atoms with Gasteiger partial charge >= 0.3 is 6.39 Å². The third kappa shape index (κ3) is 0.933. The van der Waals surface area contributed by atoms with Crippen LogP contribution < -0.4 is 4.57 Å². The molecule has 0 saturated heterocycles. The quantitative estimate of drug-likeness (QED) is 0.460. The molecule has 0 saturated carbocycles. The number of nitrogens with zero attached hydrogens (tertiary/aromatic N) is 1. The number of oxazole rings is 1. The number of aryl methyl sites for hydroxylation is 1. The fraction of sp³-hybridized carbons (Fsp3) is 0.250. The molecule has 1 rings (SSSR count). The van der Waals surface area contributed by atoms with Gasteiger partial charge in [-0.2, -0.15) is 4.57 Å². The monoisotopic (exact) mass is 118 g/mol. The molecule has 1 aromatic heterocycles. The fourth-order valence-electron chi connectivity index (χ4n) is 0.354. The first-order valence-corrected chi connectivity index (χ1v) is 2.26. The molecule has 0 radical (unpaired) electrons. The molecule has 7 heavy (non-hydrogen) atoms. The van der Waals surface area contributed by atoms with Crippen molar-refractivity contribution < 1.29 is 8.98 Å². The summed E-state index contributed by atoms with van der Waals surface area (Å²) in [5.74, 6) is 0. The largest absolute Gasteiger partial charge is 0.392 e. The Morgan fingerprint density at radius 2 is 2.57 bits per heavy atom. The zero-order valence-corrected chi connectivity index (χ0v) is 4.64. The summed E-state index contributed by atoms with van der Waals surface area (Å²) in [5, 5.41) is 0.419. The van der Waals surface area contributed by atoms with Crippen molar-refractivity contribution >= 4 is 11.6 Å². The van der Waals surface area contributed by atoms with Gasteiger partial charge in [-0.3, -0.25) is 0 Å². The zero-order chi connectivity index (χ0) is 5.28. The van der Waals surface area contributed by atoms with Gasteiger partial charge in [0.25, 0.3) is 5.22 Å².